The Morgan fingerprint density at radius 2 is 1.79 bits per heavy atom. The highest BCUT2D eigenvalue weighted by atomic mass is 35.5. The number of aromatic nitrogens is 3. The van der Waals surface area contributed by atoms with E-state index in [0.29, 0.717) is 11.5 Å². The van der Waals surface area contributed by atoms with Crippen molar-refractivity contribution in [1.82, 2.24) is 20.1 Å². The first-order chi connectivity index (χ1) is 16.5. The van der Waals surface area contributed by atoms with E-state index in [1.165, 1.54) is 12.1 Å². The number of nitrogens with one attached hydrogen (secondary N) is 1. The van der Waals surface area contributed by atoms with E-state index in [0.717, 1.165) is 60.0 Å². The minimum absolute atomic E-state index is 0.0561. The largest absolute Gasteiger partial charge is 0.496 e. The van der Waals surface area contributed by atoms with Crippen molar-refractivity contribution in [3.05, 3.63) is 71.8 Å². The Balaban J connectivity index is 1.62. The highest BCUT2D eigenvalue weighted by Crippen LogP contribution is 2.40. The van der Waals surface area contributed by atoms with Gasteiger partial charge in [-0.3, -0.25) is 0 Å². The van der Waals surface area contributed by atoms with Gasteiger partial charge in [-0.15, -0.1) is 0 Å². The van der Waals surface area contributed by atoms with Crippen LogP contribution in [0.1, 0.15) is 0 Å². The van der Waals surface area contributed by atoms with Crippen LogP contribution in [0.4, 0.5) is 15.9 Å². The summed E-state index contributed by atoms with van der Waals surface area (Å²) < 4.78 is 21.6. The number of anilines is 2. The minimum atomic E-state index is -0.514. The smallest absolute Gasteiger partial charge is 0.143 e. The van der Waals surface area contributed by atoms with Gasteiger partial charge in [-0.1, -0.05) is 11.6 Å². The third-order valence-corrected chi connectivity index (χ3v) is 6.26. The summed E-state index contributed by atoms with van der Waals surface area (Å²) in [5.74, 6) is 0.581. The van der Waals surface area contributed by atoms with Gasteiger partial charge in [-0.25, -0.2) is 14.1 Å². The van der Waals surface area contributed by atoms with Gasteiger partial charge < -0.3 is 20.7 Å². The second kappa shape index (κ2) is 9.32. The second-order valence-corrected chi connectivity index (χ2v) is 8.41. The number of piperazine rings is 1. The van der Waals surface area contributed by atoms with Gasteiger partial charge in [0.05, 0.1) is 29.7 Å². The van der Waals surface area contributed by atoms with Crippen molar-refractivity contribution in [3.63, 3.8) is 0 Å². The molecule has 1 saturated heterocycles. The van der Waals surface area contributed by atoms with Crippen LogP contribution >= 0.6 is 11.6 Å². The molecule has 0 aliphatic carbocycles. The Kier molecular flexibility index (Phi) is 6.08. The number of methoxy groups -OCH3 is 1. The van der Waals surface area contributed by atoms with Crippen LogP contribution in [0, 0.1) is 5.82 Å². The number of benzene rings is 2. The maximum absolute atomic E-state index is 14.2. The van der Waals surface area contributed by atoms with Gasteiger partial charge in [0, 0.05) is 66.9 Å². The van der Waals surface area contributed by atoms with Gasteiger partial charge in [0.1, 0.15) is 17.4 Å². The molecule has 2 aromatic carbocycles. The maximum atomic E-state index is 14.2. The number of hydrogen-bond donors (Lipinski definition) is 2. The molecule has 0 saturated carbocycles. The molecule has 0 amide bonds. The monoisotopic (exact) mass is 478 g/mol. The zero-order chi connectivity index (χ0) is 23.7. The van der Waals surface area contributed by atoms with Crippen LogP contribution in [0.15, 0.2) is 60.9 Å². The number of hydrogen-bond acceptors (Lipinski definition) is 6. The van der Waals surface area contributed by atoms with E-state index in [4.69, 9.17) is 22.1 Å². The lowest BCUT2D eigenvalue weighted by Gasteiger charge is -2.30. The maximum Gasteiger partial charge on any atom is 0.143 e. The molecule has 0 spiro atoms. The van der Waals surface area contributed by atoms with Crippen LogP contribution in [0.3, 0.4) is 0 Å². The molecule has 9 heteroatoms. The number of rotatable bonds is 5. The van der Waals surface area contributed by atoms with Gasteiger partial charge in [-0.05, 0) is 36.4 Å². The Hall–Kier alpha value is -3.62. The van der Waals surface area contributed by atoms with Crippen molar-refractivity contribution in [2.75, 3.05) is 43.9 Å². The summed E-state index contributed by atoms with van der Waals surface area (Å²) in [4.78, 5) is 6.67. The van der Waals surface area contributed by atoms with Gasteiger partial charge in [0.2, 0.25) is 0 Å². The van der Waals surface area contributed by atoms with Crippen molar-refractivity contribution in [3.8, 4) is 33.8 Å². The molecule has 3 heterocycles. The first-order valence-corrected chi connectivity index (χ1v) is 11.3. The third kappa shape index (κ3) is 4.18. The molecule has 7 nitrogen and oxygen atoms in total. The molecule has 2 aromatic heterocycles. The van der Waals surface area contributed by atoms with Gasteiger partial charge in [0.15, 0.2) is 0 Å². The number of nitrogens with zero attached hydrogens (tertiary/aromatic N) is 4. The van der Waals surface area contributed by atoms with Crippen molar-refractivity contribution in [2.24, 2.45) is 0 Å². The molecule has 174 valence electrons. The average molecular weight is 479 g/mol. The Morgan fingerprint density at radius 3 is 2.56 bits per heavy atom. The summed E-state index contributed by atoms with van der Waals surface area (Å²) in [5.41, 5.74) is 11.0. The molecule has 5 rings (SSSR count). The predicted octanol–water partition coefficient (Wildman–Crippen LogP) is 4.39. The number of nitrogens with two attached hydrogens (primary N) is 1. The second-order valence-electron chi connectivity index (χ2n) is 8.00. The van der Waals surface area contributed by atoms with E-state index in [9.17, 15) is 4.39 Å². The van der Waals surface area contributed by atoms with Crippen molar-refractivity contribution in [2.45, 2.75) is 0 Å². The Labute approximate surface area is 201 Å². The molecule has 34 heavy (non-hydrogen) atoms. The number of ether oxygens (including phenoxy) is 1. The lowest BCUT2D eigenvalue weighted by molar-refractivity contribution is 0.416. The molecular formula is C25H24ClFN6O. The topological polar surface area (TPSA) is 81.2 Å². The first kappa shape index (κ1) is 22.2. The van der Waals surface area contributed by atoms with Gasteiger partial charge in [0.25, 0.3) is 0 Å². The highest BCUT2D eigenvalue weighted by molar-refractivity contribution is 6.30. The predicted molar refractivity (Wildman–Crippen MR) is 133 cm³/mol. The lowest BCUT2D eigenvalue weighted by Crippen LogP contribution is -2.43. The van der Waals surface area contributed by atoms with Crippen molar-refractivity contribution < 1.29 is 9.13 Å². The van der Waals surface area contributed by atoms with Gasteiger partial charge in [-0.2, -0.15) is 5.10 Å². The molecular weight excluding hydrogens is 455 g/mol. The fourth-order valence-corrected chi connectivity index (χ4v) is 4.37. The van der Waals surface area contributed by atoms with Crippen molar-refractivity contribution >= 4 is 23.1 Å². The normalized spacial score (nSPS) is 13.8. The fourth-order valence-electron chi connectivity index (χ4n) is 4.25. The van der Waals surface area contributed by atoms with E-state index >= 15 is 0 Å². The highest BCUT2D eigenvalue weighted by Gasteiger charge is 2.19. The summed E-state index contributed by atoms with van der Waals surface area (Å²) in [6, 6.07) is 14.4. The number of halogens is 2. The zero-order valence-corrected chi connectivity index (χ0v) is 19.4. The average Bonchev–Trinajstić information content (AvgIpc) is 3.36. The van der Waals surface area contributed by atoms with Crippen molar-refractivity contribution in [1.29, 1.82) is 0 Å². The summed E-state index contributed by atoms with van der Waals surface area (Å²) in [6.45, 7) is 3.78. The number of nitrogen functional groups attached to an aromatic ring is 1. The van der Waals surface area contributed by atoms with E-state index in [2.05, 4.69) is 26.4 Å². The van der Waals surface area contributed by atoms with Crippen LogP contribution in [-0.2, 0) is 0 Å². The minimum Gasteiger partial charge on any atom is -0.496 e. The molecule has 0 bridgehead atoms. The molecule has 1 fully saturated rings. The quantitative estimate of drug-likeness (QED) is 0.442. The Bertz CT molecular complexity index is 1330. The fraction of sp³-hybridized carbons (Fsp3) is 0.200. The summed E-state index contributed by atoms with van der Waals surface area (Å²) in [5, 5.41) is 7.85. The zero-order valence-electron chi connectivity index (χ0n) is 18.6. The molecule has 0 radical (unpaired) electrons. The van der Waals surface area contributed by atoms with Crippen LogP contribution in [0.5, 0.6) is 5.75 Å². The molecule has 3 N–H and O–H groups in total. The Morgan fingerprint density at radius 1 is 1.00 bits per heavy atom. The van der Waals surface area contributed by atoms with Crippen LogP contribution < -0.4 is 20.7 Å². The molecule has 1 aliphatic rings. The standard InChI is InChI=1S/C25H24ClFN6O/c1-34-24-13-16(32-10-8-29-9-11-32)2-4-18(24)20-15-30-25(28)14-19(20)23-6-7-31-33(23)17-3-5-21(26)22(27)12-17/h2-7,12-15,29H,8-11H2,1H3,(H2,28,30). The van der Waals surface area contributed by atoms with E-state index in [-0.39, 0.29) is 5.02 Å². The van der Waals surface area contributed by atoms with E-state index in [1.807, 2.05) is 18.2 Å². The third-order valence-electron chi connectivity index (χ3n) is 5.95. The summed E-state index contributed by atoms with van der Waals surface area (Å²) >= 11 is 5.88. The molecule has 4 aromatic rings. The van der Waals surface area contributed by atoms with E-state index in [1.54, 1.807) is 36.3 Å². The van der Waals surface area contributed by atoms with E-state index < -0.39 is 5.82 Å². The van der Waals surface area contributed by atoms with Crippen LogP contribution in [0.2, 0.25) is 5.02 Å². The first-order valence-electron chi connectivity index (χ1n) is 10.9. The summed E-state index contributed by atoms with van der Waals surface area (Å²) in [7, 11) is 1.66. The summed E-state index contributed by atoms with van der Waals surface area (Å²) in [6.07, 6.45) is 3.39. The molecule has 0 unspecified atom stereocenters. The van der Waals surface area contributed by atoms with Crippen LogP contribution in [-0.4, -0.2) is 48.1 Å². The van der Waals surface area contributed by atoms with Gasteiger partial charge >= 0.3 is 0 Å². The molecule has 1 aliphatic heterocycles. The lowest BCUT2D eigenvalue weighted by atomic mass is 9.98. The van der Waals surface area contributed by atoms with Crippen LogP contribution in [0.25, 0.3) is 28.1 Å². The SMILES string of the molecule is COc1cc(N2CCNCC2)ccc1-c1cnc(N)cc1-c1ccnn1-c1ccc(Cl)c(F)c1. The number of pyridine rings is 1. The molecule has 0 atom stereocenters.